The zero-order chi connectivity index (χ0) is 13.5. The molecule has 4 heteroatoms. The maximum Gasteiger partial charge on any atom is 0.123 e. The molecule has 0 heterocycles. The third kappa shape index (κ3) is 4.52. The minimum Gasteiger partial charge on any atom is -0.496 e. The summed E-state index contributed by atoms with van der Waals surface area (Å²) in [5.74, 6) is 1.99. The van der Waals surface area contributed by atoms with Crippen molar-refractivity contribution in [3.05, 3.63) is 29.8 Å². The van der Waals surface area contributed by atoms with Crippen LogP contribution in [-0.2, 0) is 0 Å². The van der Waals surface area contributed by atoms with Gasteiger partial charge in [0.1, 0.15) is 5.75 Å². The first-order valence-corrected chi connectivity index (χ1v) is 7.26. The van der Waals surface area contributed by atoms with E-state index >= 15 is 0 Å². The highest BCUT2D eigenvalue weighted by molar-refractivity contribution is 7.99. The van der Waals surface area contributed by atoms with Gasteiger partial charge in [-0.1, -0.05) is 18.2 Å². The molecule has 2 atom stereocenters. The lowest BCUT2D eigenvalue weighted by atomic mass is 10.1. The van der Waals surface area contributed by atoms with Crippen LogP contribution in [0.4, 0.5) is 0 Å². The Hall–Kier alpha value is -0.710. The van der Waals surface area contributed by atoms with Crippen molar-refractivity contribution in [3.8, 4) is 5.75 Å². The smallest absolute Gasteiger partial charge is 0.123 e. The molecule has 3 nitrogen and oxygen atoms in total. The van der Waals surface area contributed by atoms with Gasteiger partial charge >= 0.3 is 0 Å². The Morgan fingerprint density at radius 2 is 2.00 bits per heavy atom. The van der Waals surface area contributed by atoms with Gasteiger partial charge in [-0.05, 0) is 27.1 Å². The summed E-state index contributed by atoms with van der Waals surface area (Å²) in [6.45, 7) is 3.11. The maximum atomic E-state index is 6.12. The fourth-order valence-corrected chi connectivity index (χ4v) is 3.19. The minimum atomic E-state index is 0.105. The molecule has 1 aromatic rings. The van der Waals surface area contributed by atoms with Gasteiger partial charge in [0.05, 0.1) is 7.11 Å². The van der Waals surface area contributed by atoms with E-state index in [0.717, 1.165) is 18.0 Å². The zero-order valence-electron chi connectivity index (χ0n) is 11.7. The molecule has 0 aromatic heterocycles. The van der Waals surface area contributed by atoms with Crippen molar-refractivity contribution < 1.29 is 4.74 Å². The highest BCUT2D eigenvalue weighted by Crippen LogP contribution is 2.36. The summed E-state index contributed by atoms with van der Waals surface area (Å²) in [5.41, 5.74) is 7.31. The molecule has 0 fully saturated rings. The monoisotopic (exact) mass is 268 g/mol. The van der Waals surface area contributed by atoms with E-state index in [4.69, 9.17) is 10.5 Å². The van der Waals surface area contributed by atoms with Crippen molar-refractivity contribution in [1.82, 2.24) is 4.90 Å². The second-order valence-corrected chi connectivity index (χ2v) is 5.95. The number of methoxy groups -OCH3 is 1. The largest absolute Gasteiger partial charge is 0.496 e. The van der Waals surface area contributed by atoms with E-state index in [9.17, 15) is 0 Å². The Bertz CT molecular complexity index is 355. The lowest BCUT2D eigenvalue weighted by Gasteiger charge is -2.23. The fourth-order valence-electron chi connectivity index (χ4n) is 1.79. The molecule has 102 valence electrons. The van der Waals surface area contributed by atoms with Crippen LogP contribution in [0.1, 0.15) is 17.7 Å². The molecule has 0 aliphatic carbocycles. The molecule has 0 amide bonds. The van der Waals surface area contributed by atoms with Gasteiger partial charge < -0.3 is 15.4 Å². The first kappa shape index (κ1) is 15.3. The quantitative estimate of drug-likeness (QED) is 0.824. The van der Waals surface area contributed by atoms with E-state index in [1.807, 2.05) is 30.0 Å². The van der Waals surface area contributed by atoms with Gasteiger partial charge in [-0.2, -0.15) is 11.8 Å². The van der Waals surface area contributed by atoms with Crippen LogP contribution in [0.2, 0.25) is 0 Å². The normalized spacial score (nSPS) is 14.6. The van der Waals surface area contributed by atoms with Crippen LogP contribution in [0.15, 0.2) is 24.3 Å². The molecule has 1 rings (SSSR count). The maximum absolute atomic E-state index is 6.12. The number of para-hydroxylation sites is 1. The minimum absolute atomic E-state index is 0.105. The molecule has 0 saturated carbocycles. The third-order valence-corrected chi connectivity index (χ3v) is 4.22. The van der Waals surface area contributed by atoms with Gasteiger partial charge in [-0.3, -0.25) is 0 Å². The predicted octanol–water partition coefficient (Wildman–Crippen LogP) is 2.38. The molecule has 2 N–H and O–H groups in total. The van der Waals surface area contributed by atoms with E-state index in [1.165, 1.54) is 5.56 Å². The molecule has 0 aliphatic rings. The molecule has 0 saturated heterocycles. The summed E-state index contributed by atoms with van der Waals surface area (Å²) in [4.78, 5) is 2.19. The number of hydrogen-bond acceptors (Lipinski definition) is 4. The van der Waals surface area contributed by atoms with Gasteiger partial charge in [0.2, 0.25) is 0 Å². The van der Waals surface area contributed by atoms with Gasteiger partial charge in [0.15, 0.2) is 0 Å². The number of benzene rings is 1. The van der Waals surface area contributed by atoms with Crippen molar-refractivity contribution in [2.75, 3.05) is 33.5 Å². The number of nitrogens with zero attached hydrogens (tertiary/aromatic N) is 1. The Labute approximate surface area is 115 Å². The Kier molecular flexibility index (Phi) is 6.54. The zero-order valence-corrected chi connectivity index (χ0v) is 12.5. The first-order valence-electron chi connectivity index (χ1n) is 6.21. The number of nitrogens with two attached hydrogens (primary N) is 1. The van der Waals surface area contributed by atoms with E-state index in [0.29, 0.717) is 0 Å². The van der Waals surface area contributed by atoms with Crippen LogP contribution in [0.3, 0.4) is 0 Å². The van der Waals surface area contributed by atoms with Crippen molar-refractivity contribution >= 4 is 11.8 Å². The van der Waals surface area contributed by atoms with Crippen LogP contribution >= 0.6 is 11.8 Å². The molecule has 18 heavy (non-hydrogen) atoms. The summed E-state index contributed by atoms with van der Waals surface area (Å²) in [7, 11) is 5.89. The third-order valence-electron chi connectivity index (χ3n) is 2.76. The second-order valence-electron chi connectivity index (χ2n) is 4.70. The molecule has 0 aliphatic heterocycles. The van der Waals surface area contributed by atoms with Crippen LogP contribution in [0.5, 0.6) is 5.75 Å². The molecular formula is C14H24N2OS. The van der Waals surface area contributed by atoms with Crippen molar-refractivity contribution in [2.24, 2.45) is 5.73 Å². The average Bonchev–Trinajstić information content (AvgIpc) is 2.34. The summed E-state index contributed by atoms with van der Waals surface area (Å²) >= 11 is 1.89. The lowest BCUT2D eigenvalue weighted by molar-refractivity contribution is 0.407. The Morgan fingerprint density at radius 1 is 1.33 bits per heavy atom. The van der Waals surface area contributed by atoms with Gasteiger partial charge in [-0.15, -0.1) is 0 Å². The summed E-state index contributed by atoms with van der Waals surface area (Å²) < 4.78 is 5.42. The molecule has 2 unspecified atom stereocenters. The standard InChI is InChI=1S/C14H24N2OS/c1-11(15)14(18-10-9-16(2)3)12-7-5-6-8-13(12)17-4/h5-8,11,14H,9-10,15H2,1-4H3. The molecular weight excluding hydrogens is 244 g/mol. The lowest BCUT2D eigenvalue weighted by Crippen LogP contribution is -2.24. The van der Waals surface area contributed by atoms with Crippen LogP contribution in [0.25, 0.3) is 0 Å². The SMILES string of the molecule is COc1ccccc1C(SCCN(C)C)C(C)N. The number of ether oxygens (including phenoxy) is 1. The average molecular weight is 268 g/mol. The highest BCUT2D eigenvalue weighted by Gasteiger charge is 2.20. The number of rotatable bonds is 7. The highest BCUT2D eigenvalue weighted by atomic mass is 32.2. The number of thioether (sulfide) groups is 1. The van der Waals surface area contributed by atoms with E-state index in [-0.39, 0.29) is 11.3 Å². The summed E-state index contributed by atoms with van der Waals surface area (Å²) in [5, 5.41) is 0.279. The van der Waals surface area contributed by atoms with E-state index in [1.54, 1.807) is 7.11 Å². The van der Waals surface area contributed by atoms with E-state index < -0.39 is 0 Å². The molecule has 0 radical (unpaired) electrons. The van der Waals surface area contributed by atoms with Gasteiger partial charge in [-0.25, -0.2) is 0 Å². The first-order chi connectivity index (χ1) is 8.56. The van der Waals surface area contributed by atoms with Crippen molar-refractivity contribution in [1.29, 1.82) is 0 Å². The molecule has 0 spiro atoms. The van der Waals surface area contributed by atoms with Gasteiger partial charge in [0.25, 0.3) is 0 Å². The van der Waals surface area contributed by atoms with E-state index in [2.05, 4.69) is 32.0 Å². The predicted molar refractivity (Wildman–Crippen MR) is 80.4 cm³/mol. The topological polar surface area (TPSA) is 38.5 Å². The molecule has 0 bridgehead atoms. The number of hydrogen-bond donors (Lipinski definition) is 1. The van der Waals surface area contributed by atoms with Crippen molar-refractivity contribution in [3.63, 3.8) is 0 Å². The molecule has 1 aromatic carbocycles. The van der Waals surface area contributed by atoms with Crippen LogP contribution in [-0.4, -0.2) is 44.4 Å². The second kappa shape index (κ2) is 7.67. The Balaban J connectivity index is 2.77. The fraction of sp³-hybridized carbons (Fsp3) is 0.571. The summed E-state index contributed by atoms with van der Waals surface area (Å²) in [6.07, 6.45) is 0. The summed E-state index contributed by atoms with van der Waals surface area (Å²) in [6, 6.07) is 8.24. The Morgan fingerprint density at radius 3 is 2.56 bits per heavy atom. The van der Waals surface area contributed by atoms with Crippen molar-refractivity contribution in [2.45, 2.75) is 18.2 Å². The van der Waals surface area contributed by atoms with Crippen LogP contribution in [0, 0.1) is 0 Å². The van der Waals surface area contributed by atoms with Crippen LogP contribution < -0.4 is 10.5 Å². The van der Waals surface area contributed by atoms with Gasteiger partial charge in [0, 0.05) is 29.2 Å².